The molecular weight excluding hydrogens is 262 g/mol. The minimum absolute atomic E-state index is 0.187. The Bertz CT molecular complexity index is 251. The molecule has 0 amide bonds. The first-order chi connectivity index (χ1) is 6.02. The van der Waals surface area contributed by atoms with Crippen molar-refractivity contribution < 1.29 is 17.9 Å². The van der Waals surface area contributed by atoms with Gasteiger partial charge in [0.2, 0.25) is 10.0 Å². The number of nitrogens with one attached hydrogen (secondary N) is 1. The molecule has 0 saturated carbocycles. The molecule has 0 aliphatic rings. The van der Waals surface area contributed by atoms with Crippen LogP contribution in [0.1, 0.15) is 6.92 Å². The predicted octanol–water partition coefficient (Wildman–Crippen LogP) is -0.136. The SMILES string of the molecule is CCOC(=O)CS(=O)(=O)NCCBr. The Labute approximate surface area is 86.0 Å². The van der Waals surface area contributed by atoms with Gasteiger partial charge in [-0.15, -0.1) is 0 Å². The second-order valence-corrected chi connectivity index (χ2v) is 4.75. The Hall–Kier alpha value is -0.140. The van der Waals surface area contributed by atoms with Crippen LogP contribution in [-0.4, -0.2) is 38.6 Å². The number of rotatable bonds is 6. The summed E-state index contributed by atoms with van der Waals surface area (Å²) < 4.78 is 28.8. The van der Waals surface area contributed by atoms with E-state index in [2.05, 4.69) is 25.4 Å². The van der Waals surface area contributed by atoms with Crippen LogP contribution in [0.15, 0.2) is 0 Å². The van der Waals surface area contributed by atoms with Gasteiger partial charge in [-0.25, -0.2) is 13.1 Å². The standard InChI is InChI=1S/C6H12BrNO4S/c1-2-12-6(9)5-13(10,11)8-4-3-7/h8H,2-5H2,1H3. The third-order valence-corrected chi connectivity index (χ3v) is 2.69. The normalized spacial score (nSPS) is 11.2. The van der Waals surface area contributed by atoms with Gasteiger partial charge in [-0.2, -0.15) is 0 Å². The summed E-state index contributed by atoms with van der Waals surface area (Å²) in [6.45, 7) is 2.07. The zero-order valence-corrected chi connectivity index (χ0v) is 9.65. The fraction of sp³-hybridized carbons (Fsp3) is 0.833. The van der Waals surface area contributed by atoms with Crippen molar-refractivity contribution in [3.05, 3.63) is 0 Å². The first-order valence-corrected chi connectivity index (χ1v) is 6.48. The van der Waals surface area contributed by atoms with Gasteiger partial charge in [0.25, 0.3) is 0 Å². The van der Waals surface area contributed by atoms with E-state index in [9.17, 15) is 13.2 Å². The van der Waals surface area contributed by atoms with E-state index in [0.717, 1.165) is 0 Å². The van der Waals surface area contributed by atoms with Crippen LogP contribution in [0.4, 0.5) is 0 Å². The van der Waals surface area contributed by atoms with E-state index in [1.165, 1.54) is 0 Å². The van der Waals surface area contributed by atoms with Gasteiger partial charge < -0.3 is 4.74 Å². The predicted molar refractivity (Wildman–Crippen MR) is 52.2 cm³/mol. The highest BCUT2D eigenvalue weighted by Gasteiger charge is 2.15. The summed E-state index contributed by atoms with van der Waals surface area (Å²) in [7, 11) is -3.52. The summed E-state index contributed by atoms with van der Waals surface area (Å²) in [4.78, 5) is 10.8. The van der Waals surface area contributed by atoms with Crippen molar-refractivity contribution in [2.75, 3.05) is 24.2 Å². The fourth-order valence-electron chi connectivity index (χ4n) is 0.603. The highest BCUT2D eigenvalue weighted by Crippen LogP contribution is 1.88. The molecule has 0 aliphatic carbocycles. The molecule has 0 aromatic heterocycles. The Morgan fingerprint density at radius 2 is 2.15 bits per heavy atom. The first kappa shape index (κ1) is 12.9. The van der Waals surface area contributed by atoms with E-state index in [1.54, 1.807) is 6.92 Å². The lowest BCUT2D eigenvalue weighted by Crippen LogP contribution is -2.32. The largest absolute Gasteiger partial charge is 0.465 e. The van der Waals surface area contributed by atoms with Gasteiger partial charge in [-0.3, -0.25) is 4.79 Å². The molecule has 0 rings (SSSR count). The molecule has 78 valence electrons. The lowest BCUT2D eigenvalue weighted by Gasteiger charge is -2.04. The van der Waals surface area contributed by atoms with Crippen LogP contribution in [-0.2, 0) is 19.6 Å². The minimum Gasteiger partial charge on any atom is -0.465 e. The molecule has 0 aromatic carbocycles. The van der Waals surface area contributed by atoms with Gasteiger partial charge in [0.1, 0.15) is 0 Å². The number of carbonyl (C=O) groups is 1. The Kier molecular flexibility index (Phi) is 6.27. The summed E-state index contributed by atoms with van der Waals surface area (Å²) >= 11 is 3.06. The molecule has 0 aromatic rings. The van der Waals surface area contributed by atoms with E-state index in [-0.39, 0.29) is 13.2 Å². The highest BCUT2D eigenvalue weighted by atomic mass is 79.9. The van der Waals surface area contributed by atoms with Gasteiger partial charge in [0.05, 0.1) is 6.61 Å². The van der Waals surface area contributed by atoms with Crippen molar-refractivity contribution >= 4 is 31.9 Å². The number of sulfonamides is 1. The van der Waals surface area contributed by atoms with E-state index >= 15 is 0 Å². The Morgan fingerprint density at radius 3 is 2.62 bits per heavy atom. The molecule has 0 unspecified atom stereocenters. The lowest BCUT2D eigenvalue weighted by molar-refractivity contribution is -0.139. The van der Waals surface area contributed by atoms with Crippen LogP contribution in [0.2, 0.25) is 0 Å². The van der Waals surface area contributed by atoms with Crippen molar-refractivity contribution in [2.45, 2.75) is 6.92 Å². The molecule has 0 spiro atoms. The number of alkyl halides is 1. The zero-order chi connectivity index (χ0) is 10.3. The second kappa shape index (κ2) is 6.33. The lowest BCUT2D eigenvalue weighted by atomic mass is 10.8. The topological polar surface area (TPSA) is 72.5 Å². The van der Waals surface area contributed by atoms with Crippen LogP contribution in [0.5, 0.6) is 0 Å². The fourth-order valence-corrected chi connectivity index (χ4v) is 1.97. The van der Waals surface area contributed by atoms with Crippen molar-refractivity contribution in [1.82, 2.24) is 4.72 Å². The van der Waals surface area contributed by atoms with E-state index in [4.69, 9.17) is 0 Å². The van der Waals surface area contributed by atoms with E-state index < -0.39 is 21.7 Å². The quantitative estimate of drug-likeness (QED) is 0.540. The molecule has 0 atom stereocenters. The number of esters is 1. The Balaban J connectivity index is 3.95. The molecule has 1 N–H and O–H groups in total. The average molecular weight is 274 g/mol. The summed E-state index contributed by atoms with van der Waals surface area (Å²) in [5.41, 5.74) is 0. The maximum absolute atomic E-state index is 11.0. The second-order valence-electron chi connectivity index (χ2n) is 2.15. The maximum atomic E-state index is 11.0. The van der Waals surface area contributed by atoms with Gasteiger partial charge in [0.15, 0.2) is 5.75 Å². The molecule has 0 radical (unpaired) electrons. The maximum Gasteiger partial charge on any atom is 0.322 e. The third-order valence-electron chi connectivity index (χ3n) is 1.03. The molecular formula is C6H12BrNO4S. The van der Waals surface area contributed by atoms with Crippen molar-refractivity contribution in [3.8, 4) is 0 Å². The summed E-state index contributed by atoms with van der Waals surface area (Å²) in [5.74, 6) is -1.35. The van der Waals surface area contributed by atoms with Crippen LogP contribution < -0.4 is 4.72 Å². The number of halogens is 1. The molecule has 0 aliphatic heterocycles. The van der Waals surface area contributed by atoms with Crippen molar-refractivity contribution in [3.63, 3.8) is 0 Å². The molecule has 7 heteroatoms. The highest BCUT2D eigenvalue weighted by molar-refractivity contribution is 9.09. The third kappa shape index (κ3) is 6.97. The average Bonchev–Trinajstić information content (AvgIpc) is 2.00. The van der Waals surface area contributed by atoms with Gasteiger partial charge in [0, 0.05) is 11.9 Å². The van der Waals surface area contributed by atoms with E-state index in [0.29, 0.717) is 5.33 Å². The van der Waals surface area contributed by atoms with Gasteiger partial charge >= 0.3 is 5.97 Å². The van der Waals surface area contributed by atoms with Crippen molar-refractivity contribution in [2.24, 2.45) is 0 Å². The molecule has 0 saturated heterocycles. The monoisotopic (exact) mass is 273 g/mol. The van der Waals surface area contributed by atoms with E-state index in [1.807, 2.05) is 0 Å². The summed E-state index contributed by atoms with van der Waals surface area (Å²) in [6, 6.07) is 0. The van der Waals surface area contributed by atoms with Crippen molar-refractivity contribution in [1.29, 1.82) is 0 Å². The minimum atomic E-state index is -3.52. The number of hydrogen-bond donors (Lipinski definition) is 1. The zero-order valence-electron chi connectivity index (χ0n) is 7.25. The number of carbonyl (C=O) groups excluding carboxylic acids is 1. The molecule has 0 fully saturated rings. The van der Waals surface area contributed by atoms with Gasteiger partial charge in [-0.05, 0) is 6.92 Å². The molecule has 0 heterocycles. The van der Waals surface area contributed by atoms with Crippen LogP contribution in [0.25, 0.3) is 0 Å². The number of hydrogen-bond acceptors (Lipinski definition) is 4. The molecule has 0 bridgehead atoms. The van der Waals surface area contributed by atoms with Gasteiger partial charge in [-0.1, -0.05) is 15.9 Å². The summed E-state index contributed by atoms with van der Waals surface area (Å²) in [6.07, 6.45) is 0. The van der Waals surface area contributed by atoms with Crippen LogP contribution in [0, 0.1) is 0 Å². The smallest absolute Gasteiger partial charge is 0.322 e. The van der Waals surface area contributed by atoms with Crippen LogP contribution >= 0.6 is 15.9 Å². The molecule has 13 heavy (non-hydrogen) atoms. The first-order valence-electron chi connectivity index (χ1n) is 3.70. The summed E-state index contributed by atoms with van der Waals surface area (Å²) in [5, 5.41) is 0.509. The molecule has 5 nitrogen and oxygen atoms in total. The van der Waals surface area contributed by atoms with Crippen LogP contribution in [0.3, 0.4) is 0 Å². The number of ether oxygens (including phenoxy) is 1. The Morgan fingerprint density at radius 1 is 1.54 bits per heavy atom.